The molecule has 106 valence electrons. The number of nitrogens with zero attached hydrogens (tertiary/aromatic N) is 2. The Kier molecular flexibility index (Phi) is 4.07. The summed E-state index contributed by atoms with van der Waals surface area (Å²) in [5, 5.41) is 4.70. The van der Waals surface area contributed by atoms with Crippen molar-refractivity contribution in [3.8, 4) is 0 Å². The zero-order chi connectivity index (χ0) is 14.7. The normalized spacial score (nSPS) is 18.9. The second kappa shape index (κ2) is 5.77. The fraction of sp³-hybridized carbons (Fsp3) is 0.462. The number of carbonyl (C=O) groups excluding carboxylic acids is 3. The molecule has 1 aliphatic heterocycles. The van der Waals surface area contributed by atoms with Crippen molar-refractivity contribution in [1.29, 1.82) is 0 Å². The molecule has 2 heterocycles. The smallest absolute Gasteiger partial charge is 0.289 e. The number of hydrogen-bond donors (Lipinski definition) is 2. The molecule has 0 spiro atoms. The topological polar surface area (TPSA) is 101 Å². The van der Waals surface area contributed by atoms with Crippen LogP contribution in [0.15, 0.2) is 12.4 Å². The van der Waals surface area contributed by atoms with Crippen LogP contribution in [0.5, 0.6) is 0 Å². The standard InChI is InChI=1S/C13H16N4O3/c1-7(2)8-5-14-11(15-6-8)13(20)16-9-3-4-10(18)17-12(9)19/h5-7,9H,3-4H2,1-2H3,(H,16,20)(H,17,18,19)/t9-/m1/s1. The molecule has 1 atom stereocenters. The lowest BCUT2D eigenvalue weighted by Gasteiger charge is -2.21. The van der Waals surface area contributed by atoms with Crippen LogP contribution in [0.3, 0.4) is 0 Å². The van der Waals surface area contributed by atoms with Gasteiger partial charge in [0.25, 0.3) is 5.91 Å². The maximum absolute atomic E-state index is 11.9. The predicted molar refractivity (Wildman–Crippen MR) is 69.8 cm³/mol. The highest BCUT2D eigenvalue weighted by molar-refractivity contribution is 6.03. The zero-order valence-electron chi connectivity index (χ0n) is 11.3. The van der Waals surface area contributed by atoms with Gasteiger partial charge in [-0.15, -0.1) is 0 Å². The van der Waals surface area contributed by atoms with Gasteiger partial charge in [-0.2, -0.15) is 0 Å². The highest BCUT2D eigenvalue weighted by Crippen LogP contribution is 2.11. The Morgan fingerprint density at radius 3 is 2.55 bits per heavy atom. The average molecular weight is 276 g/mol. The molecule has 7 heteroatoms. The van der Waals surface area contributed by atoms with E-state index in [-0.39, 0.29) is 24.1 Å². The highest BCUT2D eigenvalue weighted by Gasteiger charge is 2.28. The summed E-state index contributed by atoms with van der Waals surface area (Å²) in [6, 6.07) is -0.714. The molecule has 3 amide bonds. The van der Waals surface area contributed by atoms with Gasteiger partial charge < -0.3 is 5.32 Å². The van der Waals surface area contributed by atoms with Crippen molar-refractivity contribution in [3.05, 3.63) is 23.8 Å². The molecule has 1 saturated heterocycles. The van der Waals surface area contributed by atoms with Gasteiger partial charge in [-0.1, -0.05) is 13.8 Å². The molecule has 0 radical (unpaired) electrons. The molecule has 1 fully saturated rings. The molecular formula is C13H16N4O3. The molecule has 1 aromatic rings. The van der Waals surface area contributed by atoms with Gasteiger partial charge in [0.2, 0.25) is 17.6 Å². The summed E-state index contributed by atoms with van der Waals surface area (Å²) in [4.78, 5) is 42.4. The Morgan fingerprint density at radius 1 is 1.35 bits per heavy atom. The molecule has 0 bridgehead atoms. The van der Waals surface area contributed by atoms with Crippen LogP contribution >= 0.6 is 0 Å². The quantitative estimate of drug-likeness (QED) is 0.764. The Bertz CT molecular complexity index is 539. The first-order chi connectivity index (χ1) is 9.47. The third-order valence-corrected chi connectivity index (χ3v) is 3.09. The first kappa shape index (κ1) is 14.1. The van der Waals surface area contributed by atoms with Crippen molar-refractivity contribution >= 4 is 17.7 Å². The molecule has 0 aliphatic carbocycles. The van der Waals surface area contributed by atoms with Crippen molar-refractivity contribution in [2.45, 2.75) is 38.6 Å². The fourth-order valence-corrected chi connectivity index (χ4v) is 1.81. The summed E-state index contributed by atoms with van der Waals surface area (Å²) in [5.41, 5.74) is 0.933. The first-order valence-electron chi connectivity index (χ1n) is 6.44. The molecule has 7 nitrogen and oxygen atoms in total. The third kappa shape index (κ3) is 3.17. The van der Waals surface area contributed by atoms with Crippen LogP contribution in [-0.4, -0.2) is 33.7 Å². The number of imide groups is 1. The van der Waals surface area contributed by atoms with Crippen LogP contribution in [0.2, 0.25) is 0 Å². The molecule has 2 N–H and O–H groups in total. The molecule has 1 aromatic heterocycles. The van der Waals surface area contributed by atoms with Gasteiger partial charge >= 0.3 is 0 Å². The van der Waals surface area contributed by atoms with Crippen molar-refractivity contribution in [2.75, 3.05) is 0 Å². The van der Waals surface area contributed by atoms with E-state index in [0.717, 1.165) is 5.56 Å². The Morgan fingerprint density at radius 2 is 2.00 bits per heavy atom. The van der Waals surface area contributed by atoms with Crippen LogP contribution in [0.4, 0.5) is 0 Å². The van der Waals surface area contributed by atoms with Gasteiger partial charge in [-0.25, -0.2) is 9.97 Å². The minimum absolute atomic E-state index is 0.0131. The molecule has 2 rings (SSSR count). The number of carbonyl (C=O) groups is 3. The van der Waals surface area contributed by atoms with Crippen LogP contribution in [0, 0.1) is 0 Å². The van der Waals surface area contributed by atoms with E-state index in [1.54, 1.807) is 12.4 Å². The zero-order valence-corrected chi connectivity index (χ0v) is 11.3. The van der Waals surface area contributed by atoms with E-state index >= 15 is 0 Å². The van der Waals surface area contributed by atoms with Gasteiger partial charge in [-0.05, 0) is 17.9 Å². The lowest BCUT2D eigenvalue weighted by atomic mass is 10.1. The maximum atomic E-state index is 11.9. The Balaban J connectivity index is 2.01. The highest BCUT2D eigenvalue weighted by atomic mass is 16.2. The summed E-state index contributed by atoms with van der Waals surface area (Å²) in [6.07, 6.45) is 3.69. The van der Waals surface area contributed by atoms with E-state index in [1.165, 1.54) is 0 Å². The summed E-state index contributed by atoms with van der Waals surface area (Å²) in [5.74, 6) is -1.04. The maximum Gasteiger partial charge on any atom is 0.289 e. The predicted octanol–water partition coefficient (Wildman–Crippen LogP) is 0.135. The van der Waals surface area contributed by atoms with E-state index in [1.807, 2.05) is 13.8 Å². The molecule has 0 unspecified atom stereocenters. The van der Waals surface area contributed by atoms with Crippen LogP contribution in [0.1, 0.15) is 48.8 Å². The molecule has 20 heavy (non-hydrogen) atoms. The van der Waals surface area contributed by atoms with E-state index < -0.39 is 17.9 Å². The van der Waals surface area contributed by atoms with Gasteiger partial charge in [0.15, 0.2) is 0 Å². The van der Waals surface area contributed by atoms with Crippen LogP contribution in [-0.2, 0) is 9.59 Å². The molecular weight excluding hydrogens is 260 g/mol. The van der Waals surface area contributed by atoms with Crippen molar-refractivity contribution in [2.24, 2.45) is 0 Å². The minimum Gasteiger partial charge on any atom is -0.337 e. The van der Waals surface area contributed by atoms with Gasteiger partial charge in [0, 0.05) is 18.8 Å². The number of amides is 3. The average Bonchev–Trinajstić information content (AvgIpc) is 2.42. The largest absolute Gasteiger partial charge is 0.337 e. The fourth-order valence-electron chi connectivity index (χ4n) is 1.81. The van der Waals surface area contributed by atoms with Gasteiger partial charge in [0.1, 0.15) is 6.04 Å². The number of piperidine rings is 1. The second-order valence-electron chi connectivity index (χ2n) is 4.97. The number of aromatic nitrogens is 2. The lowest BCUT2D eigenvalue weighted by Crippen LogP contribution is -2.52. The molecule has 0 saturated carbocycles. The second-order valence-corrected chi connectivity index (χ2v) is 4.97. The Hall–Kier alpha value is -2.31. The minimum atomic E-state index is -0.714. The molecule has 1 aliphatic rings. The summed E-state index contributed by atoms with van der Waals surface area (Å²) in [6.45, 7) is 4.00. The van der Waals surface area contributed by atoms with E-state index in [4.69, 9.17) is 0 Å². The van der Waals surface area contributed by atoms with E-state index in [9.17, 15) is 14.4 Å². The van der Waals surface area contributed by atoms with Gasteiger partial charge in [-0.3, -0.25) is 19.7 Å². The number of rotatable bonds is 3. The van der Waals surface area contributed by atoms with E-state index in [0.29, 0.717) is 6.42 Å². The Labute approximate surface area is 116 Å². The number of hydrogen-bond acceptors (Lipinski definition) is 5. The van der Waals surface area contributed by atoms with E-state index in [2.05, 4.69) is 20.6 Å². The third-order valence-electron chi connectivity index (χ3n) is 3.09. The summed E-state index contributed by atoms with van der Waals surface area (Å²) >= 11 is 0. The number of nitrogens with one attached hydrogen (secondary N) is 2. The first-order valence-corrected chi connectivity index (χ1v) is 6.44. The van der Waals surface area contributed by atoms with Crippen LogP contribution in [0.25, 0.3) is 0 Å². The van der Waals surface area contributed by atoms with Crippen LogP contribution < -0.4 is 10.6 Å². The summed E-state index contributed by atoms with van der Waals surface area (Å²) in [7, 11) is 0. The SMILES string of the molecule is CC(C)c1cnc(C(=O)N[C@@H]2CCC(=O)NC2=O)nc1. The van der Waals surface area contributed by atoms with Crippen molar-refractivity contribution in [3.63, 3.8) is 0 Å². The monoisotopic (exact) mass is 276 g/mol. The van der Waals surface area contributed by atoms with Crippen molar-refractivity contribution < 1.29 is 14.4 Å². The van der Waals surface area contributed by atoms with Gasteiger partial charge in [0.05, 0.1) is 0 Å². The molecule has 0 aromatic carbocycles. The summed E-state index contributed by atoms with van der Waals surface area (Å²) < 4.78 is 0. The van der Waals surface area contributed by atoms with Crippen molar-refractivity contribution in [1.82, 2.24) is 20.6 Å². The lowest BCUT2D eigenvalue weighted by molar-refractivity contribution is -0.134.